The van der Waals surface area contributed by atoms with Crippen molar-refractivity contribution in [1.29, 1.82) is 0 Å². The number of sulfone groups is 1. The van der Waals surface area contributed by atoms with Crippen molar-refractivity contribution < 1.29 is 13.2 Å². The molecule has 0 N–H and O–H groups in total. The summed E-state index contributed by atoms with van der Waals surface area (Å²) < 4.78 is 24.1. The van der Waals surface area contributed by atoms with Crippen LogP contribution in [0.4, 0.5) is 0 Å². The predicted octanol–water partition coefficient (Wildman–Crippen LogP) is 0.369. The van der Waals surface area contributed by atoms with E-state index in [-0.39, 0.29) is 29.6 Å². The Morgan fingerprint density at radius 3 is 2.64 bits per heavy atom. The number of fused-ring (bicyclic) bond motifs is 1. The molecule has 2 aromatic rings. The minimum atomic E-state index is -3.04. The standard InChI is InChI=1S/C17H21N3O4S/c1-19-17(22)14-6-4-3-5-13(14)15(18-19)9-16(21)20-8-7-12(10-20)11-25(2,23)24/h3-6,12H,7-11H2,1-2H3. The highest BCUT2D eigenvalue weighted by Gasteiger charge is 2.29. The van der Waals surface area contributed by atoms with E-state index in [9.17, 15) is 18.0 Å². The average molecular weight is 363 g/mol. The monoisotopic (exact) mass is 363 g/mol. The molecule has 3 rings (SSSR count). The van der Waals surface area contributed by atoms with Gasteiger partial charge in [-0.1, -0.05) is 18.2 Å². The first-order chi connectivity index (χ1) is 11.7. The van der Waals surface area contributed by atoms with Gasteiger partial charge in [-0.2, -0.15) is 5.10 Å². The van der Waals surface area contributed by atoms with E-state index in [1.807, 2.05) is 6.07 Å². The third-order valence-corrected chi connectivity index (χ3v) is 5.61. The fourth-order valence-corrected chi connectivity index (χ4v) is 4.51. The van der Waals surface area contributed by atoms with Gasteiger partial charge >= 0.3 is 0 Å². The van der Waals surface area contributed by atoms with Crippen molar-refractivity contribution in [3.05, 3.63) is 40.3 Å². The summed E-state index contributed by atoms with van der Waals surface area (Å²) in [5.74, 6) is 0.00808. The van der Waals surface area contributed by atoms with Crippen molar-refractivity contribution in [2.75, 3.05) is 25.1 Å². The minimum absolute atomic E-state index is 0.0104. The summed E-state index contributed by atoms with van der Waals surface area (Å²) in [6.45, 7) is 1.01. The lowest BCUT2D eigenvalue weighted by molar-refractivity contribution is -0.129. The molecule has 7 nitrogen and oxygen atoms in total. The van der Waals surface area contributed by atoms with Crippen molar-refractivity contribution in [3.8, 4) is 0 Å². The maximum absolute atomic E-state index is 12.6. The molecule has 0 bridgehead atoms. The quantitative estimate of drug-likeness (QED) is 0.783. The van der Waals surface area contributed by atoms with Gasteiger partial charge in [0.15, 0.2) is 0 Å². The first-order valence-corrected chi connectivity index (χ1v) is 10.2. The summed E-state index contributed by atoms with van der Waals surface area (Å²) in [5.41, 5.74) is 0.371. The Morgan fingerprint density at radius 2 is 1.96 bits per heavy atom. The number of hydrogen-bond donors (Lipinski definition) is 0. The van der Waals surface area contributed by atoms with Crippen LogP contribution in [-0.2, 0) is 28.1 Å². The van der Waals surface area contributed by atoms with Gasteiger partial charge in [-0.15, -0.1) is 0 Å². The lowest BCUT2D eigenvalue weighted by Crippen LogP contribution is -2.32. The Morgan fingerprint density at radius 1 is 1.28 bits per heavy atom. The van der Waals surface area contributed by atoms with Gasteiger partial charge in [0.25, 0.3) is 5.56 Å². The second-order valence-electron chi connectivity index (χ2n) is 6.68. The van der Waals surface area contributed by atoms with Crippen LogP contribution >= 0.6 is 0 Å². The Labute approximate surface area is 146 Å². The molecule has 1 unspecified atom stereocenters. The average Bonchev–Trinajstić information content (AvgIpc) is 2.99. The predicted molar refractivity (Wildman–Crippen MR) is 95.1 cm³/mol. The third kappa shape index (κ3) is 3.89. The maximum atomic E-state index is 12.6. The van der Waals surface area contributed by atoms with Crippen molar-refractivity contribution in [2.45, 2.75) is 12.8 Å². The zero-order chi connectivity index (χ0) is 18.2. The summed E-state index contributed by atoms with van der Waals surface area (Å²) in [5, 5.41) is 5.48. The van der Waals surface area contributed by atoms with E-state index in [2.05, 4.69) is 5.10 Å². The van der Waals surface area contributed by atoms with Crippen LogP contribution in [0.1, 0.15) is 12.1 Å². The Bertz CT molecular complexity index is 981. The van der Waals surface area contributed by atoms with E-state index in [0.29, 0.717) is 36.0 Å². The minimum Gasteiger partial charge on any atom is -0.342 e. The largest absolute Gasteiger partial charge is 0.342 e. The lowest BCUT2D eigenvalue weighted by Gasteiger charge is -2.17. The van der Waals surface area contributed by atoms with E-state index in [1.165, 1.54) is 10.9 Å². The molecule has 1 aliphatic rings. The van der Waals surface area contributed by atoms with E-state index in [0.717, 1.165) is 0 Å². The highest BCUT2D eigenvalue weighted by atomic mass is 32.2. The molecule has 8 heteroatoms. The van der Waals surface area contributed by atoms with Gasteiger partial charge in [-0.25, -0.2) is 13.1 Å². The number of likely N-dealkylation sites (tertiary alicyclic amines) is 1. The number of amides is 1. The summed E-state index contributed by atoms with van der Waals surface area (Å²) in [6.07, 6.45) is 2.01. The molecule has 0 aliphatic carbocycles. The van der Waals surface area contributed by atoms with Crippen LogP contribution in [0.25, 0.3) is 10.8 Å². The van der Waals surface area contributed by atoms with Gasteiger partial charge in [0, 0.05) is 31.8 Å². The van der Waals surface area contributed by atoms with Crippen LogP contribution in [0.5, 0.6) is 0 Å². The summed E-state index contributed by atoms with van der Waals surface area (Å²) in [6, 6.07) is 7.12. The summed E-state index contributed by atoms with van der Waals surface area (Å²) in [7, 11) is -1.47. The molecule has 2 heterocycles. The van der Waals surface area contributed by atoms with Crippen molar-refractivity contribution in [3.63, 3.8) is 0 Å². The molecular formula is C17H21N3O4S. The number of benzene rings is 1. The fourth-order valence-electron chi connectivity index (χ4n) is 3.38. The summed E-state index contributed by atoms with van der Waals surface area (Å²) in [4.78, 5) is 26.5. The Kier molecular flexibility index (Phi) is 4.64. The zero-order valence-electron chi connectivity index (χ0n) is 14.3. The van der Waals surface area contributed by atoms with Gasteiger partial charge in [-0.3, -0.25) is 9.59 Å². The van der Waals surface area contributed by atoms with Gasteiger partial charge in [0.1, 0.15) is 9.84 Å². The molecule has 1 aromatic carbocycles. The van der Waals surface area contributed by atoms with Crippen LogP contribution in [0.3, 0.4) is 0 Å². The van der Waals surface area contributed by atoms with Crippen molar-refractivity contribution in [2.24, 2.45) is 13.0 Å². The van der Waals surface area contributed by atoms with Crippen molar-refractivity contribution >= 4 is 26.5 Å². The second-order valence-corrected chi connectivity index (χ2v) is 8.87. The maximum Gasteiger partial charge on any atom is 0.274 e. The van der Waals surface area contributed by atoms with Gasteiger partial charge < -0.3 is 4.90 Å². The SMILES string of the molecule is Cn1nc(CC(=O)N2CCC(CS(C)(=O)=O)C2)c2ccccc2c1=O. The number of hydrogen-bond acceptors (Lipinski definition) is 5. The van der Waals surface area contributed by atoms with E-state index in [1.54, 1.807) is 30.1 Å². The molecule has 0 spiro atoms. The molecule has 134 valence electrons. The molecule has 1 atom stereocenters. The molecular weight excluding hydrogens is 342 g/mol. The van der Waals surface area contributed by atoms with Gasteiger partial charge in [0.2, 0.25) is 5.91 Å². The number of rotatable bonds is 4. The lowest BCUT2D eigenvalue weighted by atomic mass is 10.1. The number of nitrogens with zero attached hydrogens (tertiary/aromatic N) is 3. The smallest absolute Gasteiger partial charge is 0.274 e. The topological polar surface area (TPSA) is 89.3 Å². The zero-order valence-corrected chi connectivity index (χ0v) is 15.1. The number of aromatic nitrogens is 2. The normalized spacial score (nSPS) is 18.0. The van der Waals surface area contributed by atoms with Crippen LogP contribution < -0.4 is 5.56 Å². The van der Waals surface area contributed by atoms with Crippen LogP contribution in [0.15, 0.2) is 29.1 Å². The van der Waals surface area contributed by atoms with Crippen LogP contribution in [0.2, 0.25) is 0 Å². The van der Waals surface area contributed by atoms with Gasteiger partial charge in [0.05, 0.1) is 23.3 Å². The fraction of sp³-hybridized carbons (Fsp3) is 0.471. The molecule has 0 radical (unpaired) electrons. The number of aryl methyl sites for hydroxylation is 1. The van der Waals surface area contributed by atoms with E-state index in [4.69, 9.17) is 0 Å². The summed E-state index contributed by atoms with van der Waals surface area (Å²) >= 11 is 0. The third-order valence-electron chi connectivity index (χ3n) is 4.53. The first-order valence-electron chi connectivity index (χ1n) is 8.15. The number of carbonyl (C=O) groups is 1. The highest BCUT2D eigenvalue weighted by molar-refractivity contribution is 7.90. The molecule has 1 aliphatic heterocycles. The Balaban J connectivity index is 1.80. The van der Waals surface area contributed by atoms with Crippen LogP contribution in [-0.4, -0.2) is 54.1 Å². The second kappa shape index (κ2) is 6.59. The van der Waals surface area contributed by atoms with Gasteiger partial charge in [-0.05, 0) is 18.4 Å². The van der Waals surface area contributed by atoms with E-state index < -0.39 is 9.84 Å². The number of carbonyl (C=O) groups excluding carboxylic acids is 1. The molecule has 1 fully saturated rings. The molecule has 1 saturated heterocycles. The van der Waals surface area contributed by atoms with Crippen LogP contribution in [0, 0.1) is 5.92 Å². The first kappa shape index (κ1) is 17.6. The van der Waals surface area contributed by atoms with Crippen molar-refractivity contribution in [1.82, 2.24) is 14.7 Å². The van der Waals surface area contributed by atoms with E-state index >= 15 is 0 Å². The molecule has 1 amide bonds. The molecule has 25 heavy (non-hydrogen) atoms. The molecule has 0 saturated carbocycles. The molecule has 1 aromatic heterocycles. The Hall–Kier alpha value is -2.22. The highest BCUT2D eigenvalue weighted by Crippen LogP contribution is 2.20.